The average molecular weight is 323 g/mol. The summed E-state index contributed by atoms with van der Waals surface area (Å²) in [6, 6.07) is 5.91. The molecule has 1 saturated heterocycles. The number of rotatable bonds is 4. The minimum absolute atomic E-state index is 0.0778. The summed E-state index contributed by atoms with van der Waals surface area (Å²) >= 11 is 5.81. The van der Waals surface area contributed by atoms with Crippen molar-refractivity contribution in [3.63, 3.8) is 0 Å². The second kappa shape index (κ2) is 6.02. The summed E-state index contributed by atoms with van der Waals surface area (Å²) in [7, 11) is 0. The Morgan fingerprint density at radius 3 is 2.71 bits per heavy atom. The van der Waals surface area contributed by atoms with Crippen LogP contribution in [0.25, 0.3) is 6.08 Å². The number of thioether (sulfide) groups is 1. The molecular formula is C12H7N2O5S2-. The first-order valence-electron chi connectivity index (χ1n) is 5.59. The summed E-state index contributed by atoms with van der Waals surface area (Å²) in [5, 5.41) is 21.5. The summed E-state index contributed by atoms with van der Waals surface area (Å²) in [5.74, 6) is -2.04. The van der Waals surface area contributed by atoms with Crippen LogP contribution >= 0.6 is 24.0 Å². The monoisotopic (exact) mass is 323 g/mol. The molecule has 0 aromatic heterocycles. The van der Waals surface area contributed by atoms with Crippen LogP contribution in [0.1, 0.15) is 5.56 Å². The van der Waals surface area contributed by atoms with E-state index in [-0.39, 0.29) is 20.5 Å². The molecule has 0 radical (unpaired) electrons. The van der Waals surface area contributed by atoms with Gasteiger partial charge in [0.2, 0.25) is 0 Å². The first-order chi connectivity index (χ1) is 9.90. The van der Waals surface area contributed by atoms with Crippen molar-refractivity contribution in [2.75, 3.05) is 6.54 Å². The van der Waals surface area contributed by atoms with Crippen molar-refractivity contribution < 1.29 is 19.6 Å². The van der Waals surface area contributed by atoms with Crippen LogP contribution in [0.15, 0.2) is 29.2 Å². The van der Waals surface area contributed by atoms with Crippen molar-refractivity contribution in [1.29, 1.82) is 0 Å². The molecule has 2 rings (SSSR count). The molecule has 0 spiro atoms. The molecule has 7 nitrogen and oxygen atoms in total. The highest BCUT2D eigenvalue weighted by Gasteiger charge is 2.32. The van der Waals surface area contributed by atoms with Gasteiger partial charge in [-0.25, -0.2) is 0 Å². The summed E-state index contributed by atoms with van der Waals surface area (Å²) < 4.78 is 0.0778. The fraction of sp³-hybridized carbons (Fsp3) is 0.0833. The van der Waals surface area contributed by atoms with Gasteiger partial charge in [0, 0.05) is 6.07 Å². The maximum absolute atomic E-state index is 12.0. The van der Waals surface area contributed by atoms with Gasteiger partial charge in [0.25, 0.3) is 11.6 Å². The molecule has 1 aliphatic rings. The summed E-state index contributed by atoms with van der Waals surface area (Å²) in [6.07, 6.45) is 1.33. The first kappa shape index (κ1) is 15.1. The number of carbonyl (C=O) groups is 2. The maximum atomic E-state index is 12.0. The lowest BCUT2D eigenvalue weighted by Gasteiger charge is -2.14. The molecule has 1 aromatic carbocycles. The van der Waals surface area contributed by atoms with E-state index in [1.165, 1.54) is 24.3 Å². The number of aliphatic carboxylic acids is 1. The van der Waals surface area contributed by atoms with Gasteiger partial charge in [-0.15, -0.1) is 0 Å². The Balaban J connectivity index is 2.35. The van der Waals surface area contributed by atoms with E-state index in [1.807, 2.05) is 0 Å². The minimum atomic E-state index is -1.43. The Bertz CT molecular complexity index is 686. The third-order valence-corrected chi connectivity index (χ3v) is 3.96. The average Bonchev–Trinajstić information content (AvgIpc) is 2.66. The third kappa shape index (κ3) is 3.26. The number of thiocarbonyl (C=S) groups is 1. The number of carboxylic acids is 1. The molecule has 21 heavy (non-hydrogen) atoms. The van der Waals surface area contributed by atoms with Gasteiger partial charge < -0.3 is 9.90 Å². The Labute approximate surface area is 128 Å². The molecule has 0 saturated carbocycles. The fourth-order valence-electron chi connectivity index (χ4n) is 1.68. The molecule has 0 bridgehead atoms. The predicted molar refractivity (Wildman–Crippen MR) is 78.0 cm³/mol. The summed E-state index contributed by atoms with van der Waals surface area (Å²) in [6.45, 7) is -0.640. The van der Waals surface area contributed by atoms with E-state index in [9.17, 15) is 24.8 Å². The van der Waals surface area contributed by atoms with Crippen molar-refractivity contribution in [1.82, 2.24) is 4.90 Å². The number of para-hydroxylation sites is 1. The molecule has 1 amide bonds. The molecule has 0 unspecified atom stereocenters. The Hall–Kier alpha value is -2.26. The van der Waals surface area contributed by atoms with E-state index in [0.717, 1.165) is 16.7 Å². The molecule has 0 aliphatic carbocycles. The normalized spacial score (nSPS) is 16.6. The topological polar surface area (TPSA) is 104 Å². The highest BCUT2D eigenvalue weighted by molar-refractivity contribution is 8.26. The smallest absolute Gasteiger partial charge is 0.276 e. The number of hydrogen-bond acceptors (Lipinski definition) is 7. The molecule has 1 fully saturated rings. The molecule has 9 heteroatoms. The van der Waals surface area contributed by atoms with Crippen LogP contribution in [-0.4, -0.2) is 32.6 Å². The third-order valence-electron chi connectivity index (χ3n) is 2.58. The number of hydrogen-bond donors (Lipinski definition) is 0. The van der Waals surface area contributed by atoms with Crippen LogP contribution in [-0.2, 0) is 9.59 Å². The summed E-state index contributed by atoms with van der Waals surface area (Å²) in [5.41, 5.74) is 0.0964. The molecular weight excluding hydrogens is 316 g/mol. The van der Waals surface area contributed by atoms with Crippen LogP contribution in [0.3, 0.4) is 0 Å². The van der Waals surface area contributed by atoms with Crippen LogP contribution in [0, 0.1) is 10.1 Å². The zero-order valence-corrected chi connectivity index (χ0v) is 12.0. The van der Waals surface area contributed by atoms with Gasteiger partial charge in [-0.2, -0.15) is 0 Å². The number of carbonyl (C=O) groups excluding carboxylic acids is 2. The lowest BCUT2D eigenvalue weighted by molar-refractivity contribution is -0.385. The van der Waals surface area contributed by atoms with Crippen LogP contribution in [0.2, 0.25) is 0 Å². The van der Waals surface area contributed by atoms with Gasteiger partial charge in [-0.1, -0.05) is 36.1 Å². The molecule has 1 aromatic rings. The highest BCUT2D eigenvalue weighted by atomic mass is 32.2. The number of nitro benzene ring substituents is 1. The Kier molecular flexibility index (Phi) is 4.34. The highest BCUT2D eigenvalue weighted by Crippen LogP contribution is 2.33. The summed E-state index contributed by atoms with van der Waals surface area (Å²) in [4.78, 5) is 34.0. The van der Waals surface area contributed by atoms with Gasteiger partial charge in [-0.05, 0) is 12.1 Å². The SMILES string of the molecule is O=C([O-])CN1C(=O)/C(=C\c2ccccc2[N+](=O)[O-])SC1=S. The van der Waals surface area contributed by atoms with Crippen molar-refractivity contribution in [3.8, 4) is 0 Å². The largest absolute Gasteiger partial charge is 0.548 e. The second-order valence-electron chi connectivity index (χ2n) is 3.96. The van der Waals surface area contributed by atoms with Crippen molar-refractivity contribution in [3.05, 3.63) is 44.8 Å². The Morgan fingerprint density at radius 1 is 1.43 bits per heavy atom. The molecule has 1 heterocycles. The predicted octanol–water partition coefficient (Wildman–Crippen LogP) is 0.546. The first-order valence-corrected chi connectivity index (χ1v) is 6.81. The number of benzene rings is 1. The van der Waals surface area contributed by atoms with E-state index in [2.05, 4.69) is 0 Å². The van der Waals surface area contributed by atoms with Crippen LogP contribution < -0.4 is 5.11 Å². The molecule has 0 atom stereocenters. The number of amides is 1. The van der Waals surface area contributed by atoms with Crippen molar-refractivity contribution >= 4 is 51.9 Å². The minimum Gasteiger partial charge on any atom is -0.548 e. The van der Waals surface area contributed by atoms with Crippen LogP contribution in [0.5, 0.6) is 0 Å². The van der Waals surface area contributed by atoms with Gasteiger partial charge in [-0.3, -0.25) is 19.8 Å². The number of carboxylic acid groups (broad SMARTS) is 1. The quantitative estimate of drug-likeness (QED) is 0.345. The molecule has 108 valence electrons. The Morgan fingerprint density at radius 2 is 2.10 bits per heavy atom. The van der Waals surface area contributed by atoms with E-state index in [1.54, 1.807) is 6.07 Å². The van der Waals surface area contributed by atoms with Gasteiger partial charge in [0.15, 0.2) is 0 Å². The van der Waals surface area contributed by atoms with Gasteiger partial charge >= 0.3 is 0 Å². The van der Waals surface area contributed by atoms with E-state index < -0.39 is 23.3 Å². The standard InChI is InChI=1S/C12H8N2O5S2/c15-10(16)6-13-11(17)9(21-12(13)20)5-7-3-1-2-4-8(7)14(18)19/h1-5H,6H2,(H,15,16)/p-1/b9-5+. The maximum Gasteiger partial charge on any atom is 0.276 e. The number of nitro groups is 1. The van der Waals surface area contributed by atoms with Crippen molar-refractivity contribution in [2.45, 2.75) is 0 Å². The zero-order chi connectivity index (χ0) is 15.6. The lowest BCUT2D eigenvalue weighted by Crippen LogP contribution is -2.40. The zero-order valence-electron chi connectivity index (χ0n) is 10.3. The van der Waals surface area contributed by atoms with Gasteiger partial charge in [0.05, 0.1) is 27.9 Å². The van der Waals surface area contributed by atoms with E-state index in [4.69, 9.17) is 12.2 Å². The van der Waals surface area contributed by atoms with E-state index >= 15 is 0 Å². The van der Waals surface area contributed by atoms with Crippen LogP contribution in [0.4, 0.5) is 5.69 Å². The van der Waals surface area contributed by atoms with Crippen molar-refractivity contribution in [2.24, 2.45) is 0 Å². The fourth-order valence-corrected chi connectivity index (χ4v) is 2.93. The van der Waals surface area contributed by atoms with E-state index in [0.29, 0.717) is 0 Å². The lowest BCUT2D eigenvalue weighted by atomic mass is 10.1. The number of nitrogens with zero attached hydrogens (tertiary/aromatic N) is 2. The second-order valence-corrected chi connectivity index (χ2v) is 5.63. The molecule has 0 N–H and O–H groups in total. The molecule has 1 aliphatic heterocycles. The van der Waals surface area contributed by atoms with Gasteiger partial charge in [0.1, 0.15) is 4.32 Å².